The molecule has 0 amide bonds. The van der Waals surface area contributed by atoms with E-state index in [0.717, 1.165) is 32.6 Å². The molecule has 0 heterocycles. The maximum Gasteiger partial charge on any atom is 0.124 e. The Morgan fingerprint density at radius 3 is 2.60 bits per heavy atom. The van der Waals surface area contributed by atoms with E-state index in [1.54, 1.807) is 6.07 Å². The lowest BCUT2D eigenvalue weighted by Gasteiger charge is -2.18. The van der Waals surface area contributed by atoms with Gasteiger partial charge in [-0.2, -0.15) is 0 Å². The first-order chi connectivity index (χ1) is 9.51. The zero-order valence-corrected chi connectivity index (χ0v) is 13.7. The van der Waals surface area contributed by atoms with Crippen LogP contribution in [-0.2, 0) is 6.42 Å². The number of rotatable bonds is 4. The fraction of sp³-hybridized carbons (Fsp3) is 0.250. The summed E-state index contributed by atoms with van der Waals surface area (Å²) in [6.45, 7) is 1.98. The molecule has 1 atom stereocenters. The maximum atomic E-state index is 13.1. The van der Waals surface area contributed by atoms with Crippen LogP contribution >= 0.6 is 27.5 Å². The largest absolute Gasteiger partial charge is 0.313 e. The Morgan fingerprint density at radius 2 is 2.00 bits per heavy atom. The molecule has 0 saturated heterocycles. The molecule has 1 unspecified atom stereocenters. The SMILES string of the molecule is CNC(Cc1ccc(F)cc1Br)c1ccc(C)c(Cl)c1. The fourth-order valence-corrected chi connectivity index (χ4v) is 2.82. The molecule has 20 heavy (non-hydrogen) atoms. The average molecular weight is 357 g/mol. The molecule has 0 aliphatic carbocycles. The Bertz CT molecular complexity index is 615. The van der Waals surface area contributed by atoms with Gasteiger partial charge in [-0.15, -0.1) is 0 Å². The zero-order chi connectivity index (χ0) is 14.7. The van der Waals surface area contributed by atoms with Crippen LogP contribution in [-0.4, -0.2) is 7.05 Å². The van der Waals surface area contributed by atoms with Crippen molar-refractivity contribution < 1.29 is 4.39 Å². The van der Waals surface area contributed by atoms with Crippen LogP contribution in [0, 0.1) is 12.7 Å². The summed E-state index contributed by atoms with van der Waals surface area (Å²) in [6.07, 6.45) is 0.761. The van der Waals surface area contributed by atoms with E-state index < -0.39 is 0 Å². The first kappa shape index (κ1) is 15.5. The summed E-state index contributed by atoms with van der Waals surface area (Å²) < 4.78 is 13.9. The third-order valence-corrected chi connectivity index (χ3v) is 4.53. The van der Waals surface area contributed by atoms with E-state index in [1.807, 2.05) is 26.1 Å². The standard InChI is InChI=1S/C16H16BrClFN/c1-10-3-4-12(7-15(10)18)16(20-2)8-11-5-6-13(19)9-14(11)17/h3-7,9,16,20H,8H2,1-2H3. The molecule has 0 fully saturated rings. The lowest BCUT2D eigenvalue weighted by Crippen LogP contribution is -2.19. The van der Waals surface area contributed by atoms with Crippen molar-refractivity contribution in [2.75, 3.05) is 7.05 Å². The smallest absolute Gasteiger partial charge is 0.124 e. The molecule has 2 rings (SSSR count). The third-order valence-electron chi connectivity index (χ3n) is 3.39. The van der Waals surface area contributed by atoms with Gasteiger partial charge in [0, 0.05) is 15.5 Å². The second-order valence-corrected chi connectivity index (χ2v) is 6.05. The normalized spacial score (nSPS) is 12.4. The van der Waals surface area contributed by atoms with Crippen molar-refractivity contribution in [3.8, 4) is 0 Å². The molecule has 1 nitrogen and oxygen atoms in total. The van der Waals surface area contributed by atoms with E-state index in [4.69, 9.17) is 11.6 Å². The number of halogens is 3. The zero-order valence-electron chi connectivity index (χ0n) is 11.4. The van der Waals surface area contributed by atoms with Gasteiger partial charge in [0.25, 0.3) is 0 Å². The van der Waals surface area contributed by atoms with Crippen LogP contribution in [0.25, 0.3) is 0 Å². The van der Waals surface area contributed by atoms with E-state index in [2.05, 4.69) is 27.3 Å². The Morgan fingerprint density at radius 1 is 1.25 bits per heavy atom. The number of nitrogens with one attached hydrogen (secondary N) is 1. The van der Waals surface area contributed by atoms with Gasteiger partial charge < -0.3 is 5.32 Å². The lowest BCUT2D eigenvalue weighted by atomic mass is 9.98. The van der Waals surface area contributed by atoms with Crippen LogP contribution < -0.4 is 5.32 Å². The van der Waals surface area contributed by atoms with Gasteiger partial charge in [-0.25, -0.2) is 4.39 Å². The summed E-state index contributed by atoms with van der Waals surface area (Å²) in [7, 11) is 1.91. The minimum atomic E-state index is -0.236. The molecule has 2 aromatic carbocycles. The van der Waals surface area contributed by atoms with Crippen LogP contribution in [0.5, 0.6) is 0 Å². The molecule has 2 aromatic rings. The van der Waals surface area contributed by atoms with Crippen molar-refractivity contribution in [2.24, 2.45) is 0 Å². The molecular formula is C16H16BrClFN. The van der Waals surface area contributed by atoms with E-state index in [0.29, 0.717) is 0 Å². The summed E-state index contributed by atoms with van der Waals surface area (Å²) in [6, 6.07) is 11.0. The Labute approximate surface area is 132 Å². The van der Waals surface area contributed by atoms with Gasteiger partial charge in [0.2, 0.25) is 0 Å². The fourth-order valence-electron chi connectivity index (χ4n) is 2.12. The van der Waals surface area contributed by atoms with E-state index in [-0.39, 0.29) is 11.9 Å². The summed E-state index contributed by atoms with van der Waals surface area (Å²) >= 11 is 9.59. The number of hydrogen-bond acceptors (Lipinski definition) is 1. The average Bonchev–Trinajstić information content (AvgIpc) is 2.41. The molecule has 0 saturated carbocycles. The Balaban J connectivity index is 2.26. The van der Waals surface area contributed by atoms with Gasteiger partial charge in [0.1, 0.15) is 5.82 Å². The van der Waals surface area contributed by atoms with E-state index in [1.165, 1.54) is 12.1 Å². The second kappa shape index (κ2) is 6.70. The first-order valence-corrected chi connectivity index (χ1v) is 7.55. The molecule has 0 aliphatic rings. The first-order valence-electron chi connectivity index (χ1n) is 6.38. The molecule has 0 radical (unpaired) electrons. The minimum absolute atomic E-state index is 0.134. The monoisotopic (exact) mass is 355 g/mol. The maximum absolute atomic E-state index is 13.1. The van der Waals surface area contributed by atoms with Crippen molar-refractivity contribution in [1.82, 2.24) is 5.32 Å². The van der Waals surface area contributed by atoms with Crippen molar-refractivity contribution in [1.29, 1.82) is 0 Å². The summed E-state index contributed by atoms with van der Waals surface area (Å²) in [5, 5.41) is 4.05. The van der Waals surface area contributed by atoms with Crippen LogP contribution in [0.2, 0.25) is 5.02 Å². The summed E-state index contributed by atoms with van der Waals surface area (Å²) in [4.78, 5) is 0. The molecule has 4 heteroatoms. The number of hydrogen-bond donors (Lipinski definition) is 1. The molecule has 0 spiro atoms. The predicted octanol–water partition coefficient (Wildman–Crippen LogP) is 5.05. The molecule has 0 bridgehead atoms. The minimum Gasteiger partial charge on any atom is -0.313 e. The molecule has 106 valence electrons. The van der Waals surface area contributed by atoms with E-state index in [9.17, 15) is 4.39 Å². The van der Waals surface area contributed by atoms with Gasteiger partial charge in [-0.3, -0.25) is 0 Å². The van der Waals surface area contributed by atoms with Crippen molar-refractivity contribution >= 4 is 27.5 Å². The highest BCUT2D eigenvalue weighted by Crippen LogP contribution is 2.27. The Hall–Kier alpha value is -0.900. The quantitative estimate of drug-likeness (QED) is 0.808. The number of benzene rings is 2. The lowest BCUT2D eigenvalue weighted by molar-refractivity contribution is 0.587. The van der Waals surface area contributed by atoms with Crippen LogP contribution in [0.4, 0.5) is 4.39 Å². The van der Waals surface area contributed by atoms with Crippen LogP contribution in [0.3, 0.4) is 0 Å². The van der Waals surface area contributed by atoms with Crippen LogP contribution in [0.15, 0.2) is 40.9 Å². The highest BCUT2D eigenvalue weighted by molar-refractivity contribution is 9.10. The predicted molar refractivity (Wildman–Crippen MR) is 85.8 cm³/mol. The summed E-state index contributed by atoms with van der Waals surface area (Å²) in [5.74, 6) is -0.236. The Kier molecular flexibility index (Phi) is 5.19. The molecular weight excluding hydrogens is 341 g/mol. The number of likely N-dealkylation sites (N-methyl/N-ethyl adjacent to an activating group) is 1. The van der Waals surface area contributed by atoms with Crippen molar-refractivity contribution in [3.63, 3.8) is 0 Å². The molecule has 0 aliphatic heterocycles. The highest BCUT2D eigenvalue weighted by Gasteiger charge is 2.13. The van der Waals surface area contributed by atoms with Crippen molar-refractivity contribution in [2.45, 2.75) is 19.4 Å². The highest BCUT2D eigenvalue weighted by atomic mass is 79.9. The van der Waals surface area contributed by atoms with Gasteiger partial charge >= 0.3 is 0 Å². The van der Waals surface area contributed by atoms with Crippen molar-refractivity contribution in [3.05, 3.63) is 68.4 Å². The number of aryl methyl sites for hydroxylation is 1. The van der Waals surface area contributed by atoms with E-state index >= 15 is 0 Å². The van der Waals surface area contributed by atoms with Crippen LogP contribution in [0.1, 0.15) is 22.7 Å². The van der Waals surface area contributed by atoms with Gasteiger partial charge in [0.15, 0.2) is 0 Å². The second-order valence-electron chi connectivity index (χ2n) is 4.79. The summed E-state index contributed by atoms with van der Waals surface area (Å²) in [5.41, 5.74) is 3.25. The van der Waals surface area contributed by atoms with Gasteiger partial charge in [-0.1, -0.05) is 45.7 Å². The molecule has 0 aromatic heterocycles. The molecule has 1 N–H and O–H groups in total. The van der Waals surface area contributed by atoms with Gasteiger partial charge in [-0.05, 0) is 55.3 Å². The topological polar surface area (TPSA) is 12.0 Å². The third kappa shape index (κ3) is 3.60. The van der Waals surface area contributed by atoms with Gasteiger partial charge in [0.05, 0.1) is 0 Å².